The molecule has 7 rings (SSSR count). The van der Waals surface area contributed by atoms with E-state index in [-0.39, 0.29) is 0 Å². The van der Waals surface area contributed by atoms with Crippen LogP contribution in [0, 0.1) is 0 Å². The molecule has 3 aromatic carbocycles. The Bertz CT molecular complexity index is 1720. The molecule has 0 fully saturated rings. The molecule has 3 aliphatic carbocycles. The number of benzene rings is 3. The molecule has 1 unspecified atom stereocenters. The Hall–Kier alpha value is -3.75. The quantitative estimate of drug-likeness (QED) is 0.230. The van der Waals surface area contributed by atoms with E-state index in [4.69, 9.17) is 0 Å². The Morgan fingerprint density at radius 3 is 2.20 bits per heavy atom. The molecule has 1 heterocycles. The summed E-state index contributed by atoms with van der Waals surface area (Å²) in [5.41, 5.74) is 6.89. The molecule has 0 aliphatic heterocycles. The topological polar surface area (TPSA) is 4.93 Å². The van der Waals surface area contributed by atoms with Crippen LogP contribution in [0.4, 0.5) is 0 Å². The highest BCUT2D eigenvalue weighted by atomic mass is 32.3. The van der Waals surface area contributed by atoms with Crippen molar-refractivity contribution in [2.75, 3.05) is 0 Å². The predicted molar refractivity (Wildman–Crippen MR) is 173 cm³/mol. The van der Waals surface area contributed by atoms with E-state index in [1.54, 1.807) is 0 Å². The molecule has 0 N–H and O–H groups in total. The van der Waals surface area contributed by atoms with Crippen molar-refractivity contribution in [3.63, 3.8) is 0 Å². The van der Waals surface area contributed by atoms with Crippen LogP contribution in [-0.2, 0) is 6.42 Å². The van der Waals surface area contributed by atoms with E-state index in [0.717, 1.165) is 32.1 Å². The summed E-state index contributed by atoms with van der Waals surface area (Å²) in [6.45, 7) is 4.56. The third-order valence-electron chi connectivity index (χ3n) is 8.59. The van der Waals surface area contributed by atoms with Gasteiger partial charge in [0.25, 0.3) is 0 Å². The number of rotatable bonds is 6. The van der Waals surface area contributed by atoms with Crippen molar-refractivity contribution in [1.82, 2.24) is 4.57 Å². The monoisotopic (exact) mass is 539 g/mol. The molecule has 1 nitrogen and oxygen atoms in total. The third kappa shape index (κ3) is 4.00. The number of hydrogen-bond donors (Lipinski definition) is 0. The van der Waals surface area contributed by atoms with E-state index in [9.17, 15) is 0 Å². The summed E-state index contributed by atoms with van der Waals surface area (Å²) in [7, 11) is -1.67. The first kappa shape index (κ1) is 25.2. The maximum absolute atomic E-state index is 2.54. The molecule has 0 amide bonds. The first-order chi connectivity index (χ1) is 19.7. The molecule has 40 heavy (non-hydrogen) atoms. The Morgan fingerprint density at radius 1 is 0.700 bits per heavy atom. The predicted octanol–water partition coefficient (Wildman–Crippen LogP) is 11.0. The fourth-order valence-electron chi connectivity index (χ4n) is 6.61. The lowest BCUT2D eigenvalue weighted by molar-refractivity contribution is 0.864. The van der Waals surface area contributed by atoms with E-state index in [0.29, 0.717) is 5.92 Å². The Kier molecular flexibility index (Phi) is 6.52. The second-order valence-electron chi connectivity index (χ2n) is 11.3. The van der Waals surface area contributed by atoms with Gasteiger partial charge in [0.05, 0.1) is 5.52 Å². The van der Waals surface area contributed by atoms with Gasteiger partial charge >= 0.3 is 0 Å². The molecule has 2 heteroatoms. The minimum atomic E-state index is -1.67. The number of hydrogen-bond acceptors (Lipinski definition) is 0. The van der Waals surface area contributed by atoms with E-state index >= 15 is 0 Å². The molecule has 4 aromatic rings. The van der Waals surface area contributed by atoms with Gasteiger partial charge in [-0.3, -0.25) is 0 Å². The Balaban J connectivity index is 1.53. The SMILES string of the molecule is CC(C)c1ccc(S(C2=CCC=C2)(c2ccccc2)c2ccc3c(c2)c2c(n3C3=CCCC=C3)CCC=C2)cc1. The summed E-state index contributed by atoms with van der Waals surface area (Å²) in [6.07, 6.45) is 24.4. The van der Waals surface area contributed by atoms with Crippen LogP contribution in [0.15, 0.2) is 135 Å². The van der Waals surface area contributed by atoms with Gasteiger partial charge in [0.2, 0.25) is 0 Å². The normalized spacial score (nSPS) is 18.5. The van der Waals surface area contributed by atoms with Crippen molar-refractivity contribution in [1.29, 1.82) is 0 Å². The van der Waals surface area contributed by atoms with E-state index in [1.165, 1.54) is 53.0 Å². The minimum Gasteiger partial charge on any atom is -0.313 e. The van der Waals surface area contributed by atoms with Crippen molar-refractivity contribution in [3.8, 4) is 0 Å². The fraction of sp³-hybridized carbons (Fsp3) is 0.211. The zero-order chi connectivity index (χ0) is 27.1. The zero-order valence-electron chi connectivity index (χ0n) is 23.5. The Morgan fingerprint density at radius 2 is 1.48 bits per heavy atom. The third-order valence-corrected chi connectivity index (χ3v) is 12.5. The van der Waals surface area contributed by atoms with Gasteiger partial charge in [-0.1, -0.05) is 86.7 Å². The van der Waals surface area contributed by atoms with Gasteiger partial charge in [0.15, 0.2) is 0 Å². The van der Waals surface area contributed by atoms with Crippen LogP contribution in [0.3, 0.4) is 0 Å². The first-order valence-corrected chi connectivity index (χ1v) is 16.4. The lowest BCUT2D eigenvalue weighted by atomic mass is 10.0. The standard InChI is InChI=1S/C38H37NS/c1-28(2)29-21-23-33(24-22-29)40(32-17-9-10-18-32,31-15-7-4-8-16-31)34-25-26-38-36(27-34)35-19-11-12-20-37(35)39(38)30-13-5-3-6-14-30/h4-5,7-9,11,13-19,21-28H,3,6,10,12,20H2,1-2H3. The molecular formula is C38H37NS. The van der Waals surface area contributed by atoms with Crippen LogP contribution in [0.1, 0.15) is 62.3 Å². The van der Waals surface area contributed by atoms with E-state index in [2.05, 4.69) is 140 Å². The summed E-state index contributed by atoms with van der Waals surface area (Å²) in [5.74, 6) is 0.512. The highest BCUT2D eigenvalue weighted by Crippen LogP contribution is 2.74. The largest absolute Gasteiger partial charge is 0.313 e. The summed E-state index contributed by atoms with van der Waals surface area (Å²) < 4.78 is 2.54. The molecule has 0 radical (unpaired) electrons. The van der Waals surface area contributed by atoms with Gasteiger partial charge in [-0.05, 0) is 97.0 Å². The van der Waals surface area contributed by atoms with Gasteiger partial charge in [-0.15, -0.1) is 10.0 Å². The van der Waals surface area contributed by atoms with Crippen LogP contribution in [0.5, 0.6) is 0 Å². The van der Waals surface area contributed by atoms with Gasteiger partial charge in [0.1, 0.15) is 0 Å². The maximum atomic E-state index is 2.54. The molecular weight excluding hydrogens is 502 g/mol. The van der Waals surface area contributed by atoms with Crippen LogP contribution < -0.4 is 0 Å². The van der Waals surface area contributed by atoms with Crippen molar-refractivity contribution in [2.24, 2.45) is 0 Å². The molecule has 0 bridgehead atoms. The van der Waals surface area contributed by atoms with Gasteiger partial charge < -0.3 is 4.57 Å². The van der Waals surface area contributed by atoms with E-state index < -0.39 is 10.0 Å². The van der Waals surface area contributed by atoms with Crippen molar-refractivity contribution >= 4 is 32.7 Å². The van der Waals surface area contributed by atoms with Gasteiger partial charge in [0, 0.05) is 37.0 Å². The molecule has 200 valence electrons. The minimum absolute atomic E-state index is 0.512. The zero-order valence-corrected chi connectivity index (χ0v) is 24.3. The fourth-order valence-corrected chi connectivity index (χ4v) is 10.6. The maximum Gasteiger partial charge on any atom is 0.0538 e. The second-order valence-corrected chi connectivity index (χ2v) is 14.4. The summed E-state index contributed by atoms with van der Waals surface area (Å²) >= 11 is 0. The number of allylic oxidation sites excluding steroid dienone is 8. The summed E-state index contributed by atoms with van der Waals surface area (Å²) in [6, 6.07) is 28.2. The number of aromatic nitrogens is 1. The molecule has 0 spiro atoms. The number of nitrogens with zero attached hydrogens (tertiary/aromatic N) is 1. The summed E-state index contributed by atoms with van der Waals surface area (Å²) in [5, 5.41) is 1.37. The highest BCUT2D eigenvalue weighted by molar-refractivity contribution is 8.37. The number of fused-ring (bicyclic) bond motifs is 3. The Labute approximate surface area is 240 Å². The van der Waals surface area contributed by atoms with Gasteiger partial charge in [-0.25, -0.2) is 0 Å². The average molecular weight is 540 g/mol. The van der Waals surface area contributed by atoms with Crippen LogP contribution >= 0.6 is 10.0 Å². The molecule has 0 saturated heterocycles. The van der Waals surface area contributed by atoms with E-state index in [1.807, 2.05) is 0 Å². The lowest BCUT2D eigenvalue weighted by Gasteiger charge is -2.42. The van der Waals surface area contributed by atoms with Crippen molar-refractivity contribution in [2.45, 2.75) is 66.6 Å². The highest BCUT2D eigenvalue weighted by Gasteiger charge is 2.35. The average Bonchev–Trinajstić information content (AvgIpc) is 3.66. The van der Waals surface area contributed by atoms with Crippen molar-refractivity contribution < 1.29 is 0 Å². The van der Waals surface area contributed by atoms with Crippen LogP contribution in [0.2, 0.25) is 0 Å². The van der Waals surface area contributed by atoms with Gasteiger partial charge in [-0.2, -0.15) is 0 Å². The molecule has 1 atom stereocenters. The van der Waals surface area contributed by atoms with Crippen LogP contribution in [0.25, 0.3) is 22.7 Å². The first-order valence-electron chi connectivity index (χ1n) is 14.7. The lowest BCUT2D eigenvalue weighted by Crippen LogP contribution is -2.06. The summed E-state index contributed by atoms with van der Waals surface area (Å²) in [4.78, 5) is 5.65. The van der Waals surface area contributed by atoms with Crippen molar-refractivity contribution in [3.05, 3.63) is 137 Å². The second kappa shape index (κ2) is 10.3. The smallest absolute Gasteiger partial charge is 0.0538 e. The molecule has 1 aromatic heterocycles. The van der Waals surface area contributed by atoms with Crippen LogP contribution in [-0.4, -0.2) is 4.57 Å². The molecule has 3 aliphatic rings. The molecule has 0 saturated carbocycles.